The molecular weight excluding hydrogens is 308 g/mol. The molecule has 1 amide bonds. The minimum Gasteiger partial charge on any atom is -0.339 e. The van der Waals surface area contributed by atoms with Crippen molar-refractivity contribution in [2.75, 3.05) is 7.05 Å². The van der Waals surface area contributed by atoms with Gasteiger partial charge in [0.25, 0.3) is 5.91 Å². The van der Waals surface area contributed by atoms with E-state index in [9.17, 15) is 9.18 Å². The van der Waals surface area contributed by atoms with E-state index < -0.39 is 5.82 Å². The molecule has 2 rings (SSSR count). The molecule has 1 aliphatic rings. The fraction of sp³-hybridized carbons (Fsp3) is 0.364. The van der Waals surface area contributed by atoms with Crippen LogP contribution in [0.25, 0.3) is 0 Å². The molecule has 15 heavy (non-hydrogen) atoms. The molecule has 1 saturated carbocycles. The molecule has 0 unspecified atom stereocenters. The highest BCUT2D eigenvalue weighted by molar-refractivity contribution is 14.1. The van der Waals surface area contributed by atoms with E-state index in [-0.39, 0.29) is 11.5 Å². The molecule has 1 aromatic rings. The van der Waals surface area contributed by atoms with Gasteiger partial charge in [0, 0.05) is 16.7 Å². The van der Waals surface area contributed by atoms with Crippen molar-refractivity contribution < 1.29 is 9.18 Å². The fourth-order valence-electron chi connectivity index (χ4n) is 1.48. The molecule has 0 atom stereocenters. The summed E-state index contributed by atoms with van der Waals surface area (Å²) in [4.78, 5) is 13.5. The number of nitrogens with zero attached hydrogens (tertiary/aromatic N) is 1. The molecule has 80 valence electrons. The van der Waals surface area contributed by atoms with Crippen molar-refractivity contribution in [2.45, 2.75) is 18.9 Å². The molecule has 0 spiro atoms. The minimum absolute atomic E-state index is 0.177. The Kier molecular flexibility index (Phi) is 2.95. The lowest BCUT2D eigenvalue weighted by Crippen LogP contribution is -2.29. The highest BCUT2D eigenvalue weighted by atomic mass is 127. The maximum Gasteiger partial charge on any atom is 0.256 e. The third kappa shape index (κ3) is 2.30. The van der Waals surface area contributed by atoms with E-state index in [2.05, 4.69) is 22.6 Å². The number of rotatable bonds is 2. The van der Waals surface area contributed by atoms with Crippen molar-refractivity contribution in [2.24, 2.45) is 0 Å². The Morgan fingerprint density at radius 1 is 1.53 bits per heavy atom. The van der Waals surface area contributed by atoms with E-state index in [4.69, 9.17) is 0 Å². The van der Waals surface area contributed by atoms with E-state index in [0.29, 0.717) is 6.04 Å². The van der Waals surface area contributed by atoms with E-state index in [1.54, 1.807) is 24.1 Å². The average molecular weight is 319 g/mol. The second-order valence-electron chi connectivity index (χ2n) is 3.77. The molecule has 0 saturated heterocycles. The smallest absolute Gasteiger partial charge is 0.256 e. The van der Waals surface area contributed by atoms with Crippen LogP contribution >= 0.6 is 22.6 Å². The Morgan fingerprint density at radius 2 is 2.20 bits per heavy atom. The predicted octanol–water partition coefficient (Wildman–Crippen LogP) is 2.66. The van der Waals surface area contributed by atoms with Gasteiger partial charge < -0.3 is 4.90 Å². The van der Waals surface area contributed by atoms with Crippen molar-refractivity contribution in [1.29, 1.82) is 0 Å². The van der Waals surface area contributed by atoms with Crippen molar-refractivity contribution >= 4 is 28.5 Å². The lowest BCUT2D eigenvalue weighted by atomic mass is 10.2. The molecule has 0 aliphatic heterocycles. The lowest BCUT2D eigenvalue weighted by molar-refractivity contribution is 0.0780. The van der Waals surface area contributed by atoms with Gasteiger partial charge in [0.15, 0.2) is 0 Å². The summed E-state index contributed by atoms with van der Waals surface area (Å²) < 4.78 is 14.3. The summed E-state index contributed by atoms with van der Waals surface area (Å²) in [6, 6.07) is 4.91. The molecule has 1 aliphatic carbocycles. The van der Waals surface area contributed by atoms with Crippen LogP contribution in [0, 0.1) is 9.39 Å². The topological polar surface area (TPSA) is 20.3 Å². The molecule has 1 fully saturated rings. The summed E-state index contributed by atoms with van der Waals surface area (Å²) >= 11 is 2.07. The molecule has 0 heterocycles. The molecule has 0 N–H and O–H groups in total. The van der Waals surface area contributed by atoms with Crippen LogP contribution in [0.5, 0.6) is 0 Å². The minimum atomic E-state index is -0.437. The molecule has 0 radical (unpaired) electrons. The van der Waals surface area contributed by atoms with E-state index >= 15 is 0 Å². The van der Waals surface area contributed by atoms with Crippen molar-refractivity contribution in [3.8, 4) is 0 Å². The van der Waals surface area contributed by atoms with Gasteiger partial charge in [0.1, 0.15) is 5.82 Å². The van der Waals surface area contributed by atoms with Crippen molar-refractivity contribution in [3.63, 3.8) is 0 Å². The van der Waals surface area contributed by atoms with Crippen molar-refractivity contribution in [3.05, 3.63) is 33.1 Å². The summed E-state index contributed by atoms with van der Waals surface area (Å²) in [5.74, 6) is -0.651. The van der Waals surface area contributed by atoms with Crippen LogP contribution < -0.4 is 0 Å². The first-order valence-corrected chi connectivity index (χ1v) is 5.89. The Morgan fingerprint density at radius 3 is 2.80 bits per heavy atom. The van der Waals surface area contributed by atoms with Crippen LogP contribution in [0.15, 0.2) is 18.2 Å². The largest absolute Gasteiger partial charge is 0.339 e. The van der Waals surface area contributed by atoms with Gasteiger partial charge in [0.2, 0.25) is 0 Å². The quantitative estimate of drug-likeness (QED) is 0.768. The van der Waals surface area contributed by atoms with E-state index in [1.807, 2.05) is 0 Å². The van der Waals surface area contributed by atoms with Crippen LogP contribution in [-0.4, -0.2) is 23.9 Å². The zero-order chi connectivity index (χ0) is 11.0. The third-order valence-corrected chi connectivity index (χ3v) is 3.24. The Hall–Kier alpha value is -0.650. The first kappa shape index (κ1) is 10.9. The number of carbonyl (C=O) groups excluding carboxylic acids is 1. The first-order valence-electron chi connectivity index (χ1n) is 4.82. The highest BCUT2D eigenvalue weighted by Gasteiger charge is 2.31. The summed E-state index contributed by atoms with van der Waals surface area (Å²) in [7, 11) is 1.74. The summed E-state index contributed by atoms with van der Waals surface area (Å²) in [5, 5.41) is 0. The molecule has 2 nitrogen and oxygen atoms in total. The monoisotopic (exact) mass is 319 g/mol. The SMILES string of the molecule is CN(C(=O)c1cc(I)ccc1F)C1CC1. The van der Waals surface area contributed by atoms with Crippen LogP contribution in [0.3, 0.4) is 0 Å². The standard InChI is InChI=1S/C11H11FINO/c1-14(8-3-4-8)11(15)9-6-7(13)2-5-10(9)12/h2,5-6,8H,3-4H2,1H3. The zero-order valence-corrected chi connectivity index (χ0v) is 10.5. The lowest BCUT2D eigenvalue weighted by Gasteiger charge is -2.16. The van der Waals surface area contributed by atoms with Gasteiger partial charge >= 0.3 is 0 Å². The number of amides is 1. The Bertz CT molecular complexity index is 404. The summed E-state index contributed by atoms with van der Waals surface area (Å²) in [6.07, 6.45) is 2.07. The first-order chi connectivity index (χ1) is 7.09. The van der Waals surface area contributed by atoms with Gasteiger partial charge in [-0.1, -0.05) is 0 Å². The number of hydrogen-bond acceptors (Lipinski definition) is 1. The third-order valence-electron chi connectivity index (χ3n) is 2.57. The normalized spacial score (nSPS) is 15.1. The van der Waals surface area contributed by atoms with Gasteiger partial charge in [-0.3, -0.25) is 4.79 Å². The van der Waals surface area contributed by atoms with Crippen LogP contribution in [0.4, 0.5) is 4.39 Å². The molecule has 0 bridgehead atoms. The molecule has 0 aromatic heterocycles. The number of halogens is 2. The van der Waals surface area contributed by atoms with Crippen molar-refractivity contribution in [1.82, 2.24) is 4.90 Å². The van der Waals surface area contributed by atoms with Gasteiger partial charge in [-0.2, -0.15) is 0 Å². The highest BCUT2D eigenvalue weighted by Crippen LogP contribution is 2.27. The average Bonchev–Trinajstić information content (AvgIpc) is 3.03. The Balaban J connectivity index is 2.27. The number of carbonyl (C=O) groups is 1. The van der Waals surface area contributed by atoms with E-state index in [0.717, 1.165) is 16.4 Å². The molecule has 1 aromatic carbocycles. The zero-order valence-electron chi connectivity index (χ0n) is 8.34. The number of hydrogen-bond donors (Lipinski definition) is 0. The molecular formula is C11H11FINO. The second kappa shape index (κ2) is 4.08. The van der Waals surface area contributed by atoms with Gasteiger partial charge in [-0.25, -0.2) is 4.39 Å². The fourth-order valence-corrected chi connectivity index (χ4v) is 1.97. The number of benzene rings is 1. The van der Waals surface area contributed by atoms with Gasteiger partial charge in [0.05, 0.1) is 5.56 Å². The second-order valence-corrected chi connectivity index (χ2v) is 5.02. The van der Waals surface area contributed by atoms with Crippen LogP contribution in [0.1, 0.15) is 23.2 Å². The van der Waals surface area contributed by atoms with Gasteiger partial charge in [-0.05, 0) is 53.6 Å². The maximum atomic E-state index is 13.4. The summed E-state index contributed by atoms with van der Waals surface area (Å²) in [5.41, 5.74) is 0.177. The summed E-state index contributed by atoms with van der Waals surface area (Å²) in [6.45, 7) is 0. The predicted molar refractivity (Wildman–Crippen MR) is 64.2 cm³/mol. The molecule has 4 heteroatoms. The van der Waals surface area contributed by atoms with Crippen LogP contribution in [0.2, 0.25) is 0 Å². The van der Waals surface area contributed by atoms with Crippen LogP contribution in [-0.2, 0) is 0 Å². The Labute approximate surface area is 102 Å². The maximum absolute atomic E-state index is 13.4. The van der Waals surface area contributed by atoms with E-state index in [1.165, 1.54) is 6.07 Å². The van der Waals surface area contributed by atoms with Gasteiger partial charge in [-0.15, -0.1) is 0 Å².